The second kappa shape index (κ2) is 13.0. The van der Waals surface area contributed by atoms with Crippen LogP contribution in [0.2, 0.25) is 0 Å². The van der Waals surface area contributed by atoms with Crippen molar-refractivity contribution in [3.63, 3.8) is 0 Å². The summed E-state index contributed by atoms with van der Waals surface area (Å²) >= 11 is 0. The molecule has 8 heteroatoms. The van der Waals surface area contributed by atoms with Gasteiger partial charge in [0.25, 0.3) is 0 Å². The Hall–Kier alpha value is -7.06. The van der Waals surface area contributed by atoms with Gasteiger partial charge in [-0.3, -0.25) is 0 Å². The minimum Gasteiger partial charge on any atom is -0.309 e. The predicted molar refractivity (Wildman–Crippen MR) is 216 cm³/mol. The summed E-state index contributed by atoms with van der Waals surface area (Å²) in [5.41, 5.74) is 3.14. The molecule has 0 spiro atoms. The molecule has 0 fully saturated rings. The van der Waals surface area contributed by atoms with Crippen LogP contribution in [0.1, 0.15) is 5.56 Å². The van der Waals surface area contributed by atoms with E-state index in [-0.39, 0.29) is 22.5 Å². The summed E-state index contributed by atoms with van der Waals surface area (Å²) in [5, 5.41) is 2.81. The predicted octanol–water partition coefficient (Wildman–Crippen LogP) is 14.3. The Labute approximate surface area is 322 Å². The first-order valence-corrected chi connectivity index (χ1v) is 18.2. The van der Waals surface area contributed by atoms with Crippen LogP contribution in [0.15, 0.2) is 170 Å². The minimum atomic E-state index is -4.97. The molecule has 0 aliphatic heterocycles. The van der Waals surface area contributed by atoms with Crippen molar-refractivity contribution in [3.8, 4) is 44.8 Å². The lowest BCUT2D eigenvalue weighted by Gasteiger charge is -2.23. The Kier molecular flexibility index (Phi) is 7.87. The van der Waals surface area contributed by atoms with E-state index in [1.807, 2.05) is 121 Å². The lowest BCUT2D eigenvalue weighted by Crippen LogP contribution is -2.16. The summed E-state index contributed by atoms with van der Waals surface area (Å²) in [4.78, 5) is 0. The lowest BCUT2D eigenvalue weighted by atomic mass is 9.98. The van der Waals surface area contributed by atoms with Crippen LogP contribution in [0.5, 0.6) is 0 Å². The highest BCUT2D eigenvalue weighted by Crippen LogP contribution is 2.47. The smallest absolute Gasteiger partial charge is 0.309 e. The SMILES string of the molecule is Fc1ccc(-c2cc(-n3c4ccccc4c4ccc(-c5ccccc5)cc43)c(C(F)(F)F)c(-n3c4ccccc4c4ccc(-c5ccccc5)cc43)c2)c(F)c1F. The maximum atomic E-state index is 16.3. The zero-order chi connectivity index (χ0) is 39.0. The topological polar surface area (TPSA) is 9.86 Å². The van der Waals surface area contributed by atoms with Crippen LogP contribution in [0.4, 0.5) is 26.3 Å². The summed E-state index contributed by atoms with van der Waals surface area (Å²) in [6.07, 6.45) is -4.97. The average Bonchev–Trinajstić information content (AvgIpc) is 3.75. The third kappa shape index (κ3) is 5.51. The van der Waals surface area contributed by atoms with Gasteiger partial charge in [0.05, 0.1) is 33.4 Å². The van der Waals surface area contributed by atoms with E-state index in [1.165, 1.54) is 12.1 Å². The normalized spacial score (nSPS) is 12.0. The zero-order valence-electron chi connectivity index (χ0n) is 29.8. The summed E-state index contributed by atoms with van der Waals surface area (Å²) in [7, 11) is 0. The van der Waals surface area contributed by atoms with Crippen LogP contribution in [0.25, 0.3) is 88.4 Å². The van der Waals surface area contributed by atoms with Crippen LogP contribution in [-0.4, -0.2) is 9.13 Å². The van der Waals surface area contributed by atoms with Crippen LogP contribution < -0.4 is 0 Å². The molecule has 8 aromatic carbocycles. The Bertz CT molecular complexity index is 3020. The van der Waals surface area contributed by atoms with Gasteiger partial charge in [-0.15, -0.1) is 0 Å². The van der Waals surface area contributed by atoms with Gasteiger partial charge in [0.1, 0.15) is 5.56 Å². The highest BCUT2D eigenvalue weighted by Gasteiger charge is 2.40. The van der Waals surface area contributed by atoms with E-state index in [9.17, 15) is 8.78 Å². The second-order valence-corrected chi connectivity index (χ2v) is 14.0. The zero-order valence-corrected chi connectivity index (χ0v) is 29.8. The monoisotopic (exact) mass is 758 g/mol. The molecular weight excluding hydrogens is 731 g/mol. The van der Waals surface area contributed by atoms with E-state index in [2.05, 4.69) is 0 Å². The number of benzene rings is 8. The molecule has 276 valence electrons. The van der Waals surface area contributed by atoms with Crippen molar-refractivity contribution >= 4 is 43.6 Å². The first-order chi connectivity index (χ1) is 27.7. The average molecular weight is 759 g/mol. The van der Waals surface area contributed by atoms with Gasteiger partial charge in [-0.1, -0.05) is 121 Å². The third-order valence-electron chi connectivity index (χ3n) is 10.8. The summed E-state index contributed by atoms with van der Waals surface area (Å²) < 4.78 is 97.3. The van der Waals surface area contributed by atoms with Gasteiger partial charge in [-0.05, 0) is 76.3 Å². The number of halogens is 6. The second-order valence-electron chi connectivity index (χ2n) is 14.0. The molecule has 2 nitrogen and oxygen atoms in total. The van der Waals surface area contributed by atoms with Crippen molar-refractivity contribution < 1.29 is 26.3 Å². The number of nitrogens with zero attached hydrogens (tertiary/aromatic N) is 2. The highest BCUT2D eigenvalue weighted by atomic mass is 19.4. The van der Waals surface area contributed by atoms with Crippen LogP contribution in [0.3, 0.4) is 0 Å². The Morgan fingerprint density at radius 3 is 1.26 bits per heavy atom. The maximum Gasteiger partial charge on any atom is 0.420 e. The summed E-state index contributed by atoms with van der Waals surface area (Å²) in [6.45, 7) is 0. The molecule has 0 aliphatic carbocycles. The fourth-order valence-corrected chi connectivity index (χ4v) is 8.24. The molecule has 0 radical (unpaired) electrons. The first kappa shape index (κ1) is 34.4. The molecule has 0 bridgehead atoms. The molecule has 2 heterocycles. The number of hydrogen-bond acceptors (Lipinski definition) is 0. The fourth-order valence-electron chi connectivity index (χ4n) is 8.24. The molecule has 10 rings (SSSR count). The third-order valence-corrected chi connectivity index (χ3v) is 10.8. The largest absolute Gasteiger partial charge is 0.420 e. The van der Waals surface area contributed by atoms with Gasteiger partial charge < -0.3 is 9.13 Å². The van der Waals surface area contributed by atoms with E-state index in [1.54, 1.807) is 33.4 Å². The van der Waals surface area contributed by atoms with Gasteiger partial charge in [0.15, 0.2) is 17.5 Å². The quantitative estimate of drug-likeness (QED) is 0.122. The standard InChI is InChI=1S/C49H28F6N2/c50-39-24-23-34(47(51)48(39)52)33-27-44(56-40-17-9-7-15-35(40)37-21-19-31(25-42(37)56)29-11-3-1-4-12-29)46(49(53,54)55)45(28-33)57-41-18-10-8-16-36(41)38-22-20-32(26-43(38)57)30-13-5-2-6-14-30/h1-28H. The molecule has 0 saturated carbocycles. The molecule has 0 atom stereocenters. The Morgan fingerprint density at radius 1 is 0.351 bits per heavy atom. The number of aromatic nitrogens is 2. The Morgan fingerprint density at radius 2 is 0.789 bits per heavy atom. The van der Waals surface area contributed by atoms with Crippen LogP contribution >= 0.6 is 0 Å². The molecule has 0 aliphatic rings. The van der Waals surface area contributed by atoms with Crippen LogP contribution in [0, 0.1) is 17.5 Å². The van der Waals surface area contributed by atoms with Gasteiger partial charge in [0.2, 0.25) is 0 Å². The van der Waals surface area contributed by atoms with Gasteiger partial charge >= 0.3 is 6.18 Å². The van der Waals surface area contributed by atoms with Crippen molar-refractivity contribution in [1.29, 1.82) is 0 Å². The molecular formula is C49H28F6N2. The highest BCUT2D eigenvalue weighted by molar-refractivity contribution is 6.12. The van der Waals surface area contributed by atoms with Crippen molar-refractivity contribution in [2.75, 3.05) is 0 Å². The van der Waals surface area contributed by atoms with Gasteiger partial charge in [-0.25, -0.2) is 13.2 Å². The molecule has 2 aromatic heterocycles. The van der Waals surface area contributed by atoms with Crippen LogP contribution in [-0.2, 0) is 6.18 Å². The van der Waals surface area contributed by atoms with Crippen molar-refractivity contribution in [3.05, 3.63) is 193 Å². The number of para-hydroxylation sites is 2. The van der Waals surface area contributed by atoms with E-state index in [0.29, 0.717) is 43.6 Å². The van der Waals surface area contributed by atoms with E-state index < -0.39 is 29.2 Å². The van der Waals surface area contributed by atoms with Crippen molar-refractivity contribution in [1.82, 2.24) is 9.13 Å². The molecule has 0 amide bonds. The Balaban J connectivity index is 1.39. The van der Waals surface area contributed by atoms with E-state index in [4.69, 9.17) is 0 Å². The fraction of sp³-hybridized carbons (Fsp3) is 0.0204. The summed E-state index contributed by atoms with van der Waals surface area (Å²) in [6, 6.07) is 49.0. The molecule has 0 N–H and O–H groups in total. The number of alkyl halides is 3. The van der Waals surface area contributed by atoms with E-state index in [0.717, 1.165) is 34.4 Å². The number of fused-ring (bicyclic) bond motifs is 6. The van der Waals surface area contributed by atoms with Gasteiger partial charge in [-0.2, -0.15) is 13.2 Å². The van der Waals surface area contributed by atoms with Gasteiger partial charge in [0, 0.05) is 27.1 Å². The first-order valence-electron chi connectivity index (χ1n) is 18.2. The minimum absolute atomic E-state index is 0.0697. The lowest BCUT2D eigenvalue weighted by molar-refractivity contribution is -0.137. The molecule has 10 aromatic rings. The number of hydrogen-bond donors (Lipinski definition) is 0. The maximum absolute atomic E-state index is 16.3. The van der Waals surface area contributed by atoms with Crippen molar-refractivity contribution in [2.24, 2.45) is 0 Å². The number of rotatable bonds is 5. The summed E-state index contributed by atoms with van der Waals surface area (Å²) in [5.74, 6) is -4.63. The van der Waals surface area contributed by atoms with E-state index >= 15 is 17.6 Å². The molecule has 0 saturated heterocycles. The van der Waals surface area contributed by atoms with Crippen molar-refractivity contribution in [2.45, 2.75) is 6.18 Å². The molecule has 57 heavy (non-hydrogen) atoms. The molecule has 0 unspecified atom stereocenters.